The number of nitrogens with zero attached hydrogens (tertiary/aromatic N) is 1. The predicted octanol–water partition coefficient (Wildman–Crippen LogP) is 0.674. The summed E-state index contributed by atoms with van der Waals surface area (Å²) in [6.07, 6.45) is 0. The fourth-order valence-corrected chi connectivity index (χ4v) is 1.00. The average Bonchev–Trinajstić information content (AvgIpc) is 2.16. The van der Waals surface area contributed by atoms with Gasteiger partial charge in [0.25, 0.3) is 5.91 Å². The van der Waals surface area contributed by atoms with E-state index in [4.69, 9.17) is 5.84 Å². The van der Waals surface area contributed by atoms with Crippen molar-refractivity contribution < 1.29 is 4.79 Å². The molecule has 0 atom stereocenters. The summed E-state index contributed by atoms with van der Waals surface area (Å²) in [5, 5.41) is 0. The van der Waals surface area contributed by atoms with Gasteiger partial charge >= 0.3 is 0 Å². The Labute approximate surface area is 77.3 Å². The van der Waals surface area contributed by atoms with Crippen LogP contribution in [0.1, 0.15) is 10.4 Å². The van der Waals surface area contributed by atoms with Crippen molar-refractivity contribution in [3.05, 3.63) is 29.8 Å². The van der Waals surface area contributed by atoms with E-state index in [9.17, 15) is 4.79 Å². The lowest BCUT2D eigenvalue weighted by molar-refractivity contribution is 0.0827. The Bertz CT molecular complexity index is 309. The molecule has 4 nitrogen and oxygen atoms in total. The molecule has 1 rings (SSSR count). The second-order valence-corrected chi connectivity index (χ2v) is 2.92. The van der Waals surface area contributed by atoms with Gasteiger partial charge < -0.3 is 10.3 Å². The maximum Gasteiger partial charge on any atom is 0.253 e. The van der Waals surface area contributed by atoms with Gasteiger partial charge in [0.1, 0.15) is 0 Å². The lowest BCUT2D eigenvalue weighted by Crippen LogP contribution is -2.21. The van der Waals surface area contributed by atoms with Crippen LogP contribution in [0.3, 0.4) is 0 Å². The highest BCUT2D eigenvalue weighted by Crippen LogP contribution is 2.10. The molecule has 0 fully saturated rings. The van der Waals surface area contributed by atoms with Crippen LogP contribution in [-0.2, 0) is 0 Å². The van der Waals surface area contributed by atoms with Gasteiger partial charge in [-0.15, -0.1) is 0 Å². The van der Waals surface area contributed by atoms with E-state index in [-0.39, 0.29) is 5.91 Å². The Kier molecular flexibility index (Phi) is 2.87. The van der Waals surface area contributed by atoms with Gasteiger partial charge in [-0.2, -0.15) is 0 Å². The van der Waals surface area contributed by atoms with Crippen LogP contribution in [-0.4, -0.2) is 24.9 Å². The molecular weight excluding hydrogens is 166 g/mol. The number of carbonyl (C=O) groups excluding carboxylic acids is 1. The first-order valence-corrected chi connectivity index (χ1v) is 3.93. The predicted molar refractivity (Wildman–Crippen MR) is 52.3 cm³/mol. The van der Waals surface area contributed by atoms with Crippen molar-refractivity contribution in [2.24, 2.45) is 5.84 Å². The molecular formula is C9H13N3O. The second-order valence-electron chi connectivity index (χ2n) is 2.92. The highest BCUT2D eigenvalue weighted by Gasteiger charge is 2.07. The summed E-state index contributed by atoms with van der Waals surface area (Å²) in [6.45, 7) is 0. The number of nitrogens with one attached hydrogen (secondary N) is 1. The van der Waals surface area contributed by atoms with Crippen molar-refractivity contribution >= 4 is 11.6 Å². The molecule has 0 saturated carbocycles. The number of nitrogens with two attached hydrogens (primary N) is 1. The zero-order valence-electron chi connectivity index (χ0n) is 7.74. The summed E-state index contributed by atoms with van der Waals surface area (Å²) in [6, 6.07) is 7.05. The molecule has 0 aromatic heterocycles. The van der Waals surface area contributed by atoms with Gasteiger partial charge in [0.2, 0.25) is 0 Å². The topological polar surface area (TPSA) is 58.4 Å². The maximum atomic E-state index is 11.5. The van der Waals surface area contributed by atoms with Gasteiger partial charge in [0, 0.05) is 25.3 Å². The summed E-state index contributed by atoms with van der Waals surface area (Å²) in [5.41, 5.74) is 3.85. The second kappa shape index (κ2) is 3.91. The summed E-state index contributed by atoms with van der Waals surface area (Å²) in [7, 11) is 3.43. The van der Waals surface area contributed by atoms with Crippen molar-refractivity contribution in [1.29, 1.82) is 0 Å². The molecule has 0 aliphatic rings. The zero-order chi connectivity index (χ0) is 9.84. The van der Waals surface area contributed by atoms with Crippen molar-refractivity contribution in [3.63, 3.8) is 0 Å². The summed E-state index contributed by atoms with van der Waals surface area (Å²) in [4.78, 5) is 13.0. The van der Waals surface area contributed by atoms with Gasteiger partial charge in [-0.25, -0.2) is 0 Å². The third-order valence-electron chi connectivity index (χ3n) is 1.68. The van der Waals surface area contributed by atoms with Crippen molar-refractivity contribution in [3.8, 4) is 0 Å². The summed E-state index contributed by atoms with van der Waals surface area (Å²) >= 11 is 0. The third-order valence-corrected chi connectivity index (χ3v) is 1.68. The number of amides is 1. The maximum absolute atomic E-state index is 11.5. The first-order chi connectivity index (χ1) is 6.15. The van der Waals surface area contributed by atoms with E-state index < -0.39 is 0 Å². The van der Waals surface area contributed by atoms with Crippen LogP contribution < -0.4 is 11.3 Å². The summed E-state index contributed by atoms with van der Waals surface area (Å²) in [5.74, 6) is 5.19. The average molecular weight is 179 g/mol. The van der Waals surface area contributed by atoms with E-state index in [0.29, 0.717) is 5.56 Å². The van der Waals surface area contributed by atoms with E-state index in [1.165, 1.54) is 4.90 Å². The molecule has 0 spiro atoms. The fraction of sp³-hybridized carbons (Fsp3) is 0.222. The molecule has 1 aromatic rings. The van der Waals surface area contributed by atoms with Crippen molar-refractivity contribution in [2.75, 3.05) is 19.5 Å². The SMILES string of the molecule is CN(C)C(=O)c1cccc(NN)c1. The molecule has 0 radical (unpaired) electrons. The van der Waals surface area contributed by atoms with Gasteiger partial charge in [0.15, 0.2) is 0 Å². The van der Waals surface area contributed by atoms with E-state index in [2.05, 4.69) is 5.43 Å². The Balaban J connectivity index is 2.95. The zero-order valence-corrected chi connectivity index (χ0v) is 7.74. The molecule has 4 heteroatoms. The number of hydrazine groups is 1. The first kappa shape index (κ1) is 9.54. The molecule has 0 heterocycles. The molecule has 13 heavy (non-hydrogen) atoms. The quantitative estimate of drug-likeness (QED) is 0.518. The molecule has 3 N–H and O–H groups in total. The van der Waals surface area contributed by atoms with E-state index >= 15 is 0 Å². The van der Waals surface area contributed by atoms with Gasteiger partial charge in [-0.3, -0.25) is 10.6 Å². The molecule has 0 aliphatic carbocycles. The number of carbonyl (C=O) groups is 1. The minimum absolute atomic E-state index is 0.0305. The number of hydrogen-bond donors (Lipinski definition) is 2. The van der Waals surface area contributed by atoms with Crippen LogP contribution >= 0.6 is 0 Å². The van der Waals surface area contributed by atoms with Gasteiger partial charge in [-0.05, 0) is 18.2 Å². The molecule has 0 aliphatic heterocycles. The monoisotopic (exact) mass is 179 g/mol. The van der Waals surface area contributed by atoms with Gasteiger partial charge in [-0.1, -0.05) is 6.07 Å². The Morgan fingerprint density at radius 1 is 1.46 bits per heavy atom. The lowest BCUT2D eigenvalue weighted by atomic mass is 10.2. The van der Waals surface area contributed by atoms with Crippen LogP contribution in [0.25, 0.3) is 0 Å². The first-order valence-electron chi connectivity index (χ1n) is 3.93. The van der Waals surface area contributed by atoms with Crippen LogP contribution in [0.4, 0.5) is 5.69 Å². The van der Waals surface area contributed by atoms with E-state index in [1.54, 1.807) is 38.4 Å². The third kappa shape index (κ3) is 2.19. The number of nitrogen functional groups attached to an aromatic ring is 1. The molecule has 0 unspecified atom stereocenters. The lowest BCUT2D eigenvalue weighted by Gasteiger charge is -2.10. The number of benzene rings is 1. The van der Waals surface area contributed by atoms with Crippen LogP contribution in [0, 0.1) is 0 Å². The minimum Gasteiger partial charge on any atom is -0.345 e. The Hall–Kier alpha value is -1.55. The van der Waals surface area contributed by atoms with Crippen LogP contribution in [0.2, 0.25) is 0 Å². The molecule has 70 valence electrons. The molecule has 0 saturated heterocycles. The normalized spacial score (nSPS) is 9.46. The van der Waals surface area contributed by atoms with Crippen LogP contribution in [0.5, 0.6) is 0 Å². The Morgan fingerprint density at radius 3 is 2.69 bits per heavy atom. The number of anilines is 1. The largest absolute Gasteiger partial charge is 0.345 e. The van der Waals surface area contributed by atoms with E-state index in [0.717, 1.165) is 5.69 Å². The van der Waals surface area contributed by atoms with E-state index in [1.807, 2.05) is 0 Å². The standard InChI is InChI=1S/C9H13N3O/c1-12(2)9(13)7-4-3-5-8(6-7)11-10/h3-6,11H,10H2,1-2H3. The van der Waals surface area contributed by atoms with Gasteiger partial charge in [0.05, 0.1) is 0 Å². The molecule has 1 aromatic carbocycles. The molecule has 0 bridgehead atoms. The van der Waals surface area contributed by atoms with Crippen molar-refractivity contribution in [2.45, 2.75) is 0 Å². The smallest absolute Gasteiger partial charge is 0.253 e. The highest BCUT2D eigenvalue weighted by molar-refractivity contribution is 5.94. The highest BCUT2D eigenvalue weighted by atomic mass is 16.2. The Morgan fingerprint density at radius 2 is 2.15 bits per heavy atom. The van der Waals surface area contributed by atoms with Crippen LogP contribution in [0.15, 0.2) is 24.3 Å². The number of hydrogen-bond acceptors (Lipinski definition) is 3. The minimum atomic E-state index is -0.0305. The molecule has 1 amide bonds. The fourth-order valence-electron chi connectivity index (χ4n) is 1.00. The number of rotatable bonds is 2. The van der Waals surface area contributed by atoms with Crippen molar-refractivity contribution in [1.82, 2.24) is 4.90 Å². The summed E-state index contributed by atoms with van der Waals surface area (Å²) < 4.78 is 0.